The molecule has 4 rings (SSSR count). The predicted molar refractivity (Wildman–Crippen MR) is 101 cm³/mol. The van der Waals surface area contributed by atoms with Crippen molar-refractivity contribution >= 4 is 28.6 Å². The molecule has 1 fully saturated rings. The maximum atomic E-state index is 12.9. The van der Waals surface area contributed by atoms with E-state index in [1.807, 2.05) is 4.90 Å². The number of piperazine rings is 1. The van der Waals surface area contributed by atoms with Crippen molar-refractivity contribution in [1.82, 2.24) is 19.9 Å². The summed E-state index contributed by atoms with van der Waals surface area (Å²) in [5, 5.41) is 0.749. The van der Waals surface area contributed by atoms with E-state index >= 15 is 0 Å². The molecular formula is C19H17F3N6O. The summed E-state index contributed by atoms with van der Waals surface area (Å²) in [5.41, 5.74) is 5.38. The minimum absolute atomic E-state index is 0.0282. The van der Waals surface area contributed by atoms with Crippen molar-refractivity contribution in [2.45, 2.75) is 6.18 Å². The minimum Gasteiger partial charge on any atom is -0.384 e. The van der Waals surface area contributed by atoms with E-state index in [0.29, 0.717) is 43.5 Å². The van der Waals surface area contributed by atoms with Crippen molar-refractivity contribution in [2.75, 3.05) is 36.8 Å². The van der Waals surface area contributed by atoms with E-state index in [4.69, 9.17) is 5.73 Å². The van der Waals surface area contributed by atoms with Crippen LogP contribution >= 0.6 is 0 Å². The number of carbonyl (C=O) groups is 1. The van der Waals surface area contributed by atoms with Crippen LogP contribution in [0.4, 0.5) is 24.8 Å². The third kappa shape index (κ3) is 3.78. The maximum Gasteiger partial charge on any atom is 0.416 e. The van der Waals surface area contributed by atoms with Gasteiger partial charge in [-0.1, -0.05) is 6.07 Å². The van der Waals surface area contributed by atoms with Gasteiger partial charge in [-0.3, -0.25) is 4.79 Å². The summed E-state index contributed by atoms with van der Waals surface area (Å²) in [6.45, 7) is 1.70. The fourth-order valence-electron chi connectivity index (χ4n) is 3.33. The van der Waals surface area contributed by atoms with Crippen molar-refractivity contribution in [1.29, 1.82) is 0 Å². The van der Waals surface area contributed by atoms with Gasteiger partial charge >= 0.3 is 6.18 Å². The summed E-state index contributed by atoms with van der Waals surface area (Å²) in [7, 11) is 0. The number of anilines is 2. The smallest absolute Gasteiger partial charge is 0.384 e. The van der Waals surface area contributed by atoms with Crippen LogP contribution in [0.1, 0.15) is 15.9 Å². The Hall–Kier alpha value is -3.43. The van der Waals surface area contributed by atoms with Gasteiger partial charge in [-0.05, 0) is 30.3 Å². The quantitative estimate of drug-likeness (QED) is 0.709. The van der Waals surface area contributed by atoms with Gasteiger partial charge in [0.25, 0.3) is 5.91 Å². The first-order valence-electron chi connectivity index (χ1n) is 8.91. The molecule has 1 aliphatic heterocycles. The molecule has 0 unspecified atom stereocenters. The number of fused-ring (bicyclic) bond motifs is 1. The predicted octanol–water partition coefficient (Wildman–Crippen LogP) is 2.59. The number of pyridine rings is 1. The molecule has 0 saturated carbocycles. The van der Waals surface area contributed by atoms with E-state index in [0.717, 1.165) is 17.5 Å². The van der Waals surface area contributed by atoms with Crippen molar-refractivity contribution < 1.29 is 18.0 Å². The summed E-state index contributed by atoms with van der Waals surface area (Å²) in [6, 6.07) is 7.96. The molecule has 3 heterocycles. The highest BCUT2D eigenvalue weighted by Crippen LogP contribution is 2.30. The Morgan fingerprint density at radius 1 is 1.03 bits per heavy atom. The molecule has 150 valence electrons. The fourth-order valence-corrected chi connectivity index (χ4v) is 3.33. The third-order valence-corrected chi connectivity index (χ3v) is 4.80. The second-order valence-electron chi connectivity index (χ2n) is 6.66. The highest BCUT2D eigenvalue weighted by Gasteiger charge is 2.32. The van der Waals surface area contributed by atoms with Gasteiger partial charge < -0.3 is 15.5 Å². The number of alkyl halides is 3. The number of nitrogens with two attached hydrogens (primary N) is 1. The molecule has 2 N–H and O–H groups in total. The second kappa shape index (κ2) is 7.19. The molecular weight excluding hydrogens is 385 g/mol. The normalized spacial score (nSPS) is 15.0. The molecule has 10 heteroatoms. The number of nitrogen functional groups attached to an aromatic ring is 1. The molecule has 29 heavy (non-hydrogen) atoms. The van der Waals surface area contributed by atoms with Gasteiger partial charge in [0.2, 0.25) is 0 Å². The topological polar surface area (TPSA) is 88.2 Å². The Morgan fingerprint density at radius 3 is 2.52 bits per heavy atom. The number of rotatable bonds is 2. The zero-order valence-electron chi connectivity index (χ0n) is 15.2. The van der Waals surface area contributed by atoms with Crippen LogP contribution in [0.15, 0.2) is 42.7 Å². The number of nitrogens with zero attached hydrogens (tertiary/aromatic N) is 5. The van der Waals surface area contributed by atoms with E-state index in [1.54, 1.807) is 17.0 Å². The summed E-state index contributed by atoms with van der Waals surface area (Å²) < 4.78 is 38.7. The molecule has 1 aromatic carbocycles. The molecule has 0 bridgehead atoms. The van der Waals surface area contributed by atoms with Crippen molar-refractivity contribution in [3.05, 3.63) is 53.9 Å². The molecule has 2 aromatic heterocycles. The summed E-state index contributed by atoms with van der Waals surface area (Å²) in [6.07, 6.45) is -3.08. The van der Waals surface area contributed by atoms with E-state index in [-0.39, 0.29) is 5.56 Å². The zero-order valence-corrected chi connectivity index (χ0v) is 15.2. The largest absolute Gasteiger partial charge is 0.416 e. The molecule has 0 spiro atoms. The molecule has 1 aliphatic rings. The van der Waals surface area contributed by atoms with Crippen LogP contribution in [0.2, 0.25) is 0 Å². The summed E-state index contributed by atoms with van der Waals surface area (Å²) in [5.74, 6) is 0.630. The molecule has 1 amide bonds. The van der Waals surface area contributed by atoms with Gasteiger partial charge in [0.15, 0.2) is 5.65 Å². The third-order valence-electron chi connectivity index (χ3n) is 4.80. The van der Waals surface area contributed by atoms with E-state index in [1.165, 1.54) is 18.5 Å². The van der Waals surface area contributed by atoms with E-state index in [2.05, 4.69) is 15.0 Å². The highest BCUT2D eigenvalue weighted by atomic mass is 19.4. The second-order valence-corrected chi connectivity index (χ2v) is 6.66. The van der Waals surface area contributed by atoms with Crippen LogP contribution in [-0.2, 0) is 6.18 Å². The number of carbonyl (C=O) groups excluding carboxylic acids is 1. The molecule has 0 radical (unpaired) electrons. The Labute approximate surface area is 164 Å². The van der Waals surface area contributed by atoms with Crippen molar-refractivity contribution in [2.24, 2.45) is 0 Å². The van der Waals surface area contributed by atoms with Crippen molar-refractivity contribution in [3.63, 3.8) is 0 Å². The number of hydrogen-bond acceptors (Lipinski definition) is 6. The van der Waals surface area contributed by atoms with E-state index < -0.39 is 17.6 Å². The van der Waals surface area contributed by atoms with Gasteiger partial charge in [-0.25, -0.2) is 15.0 Å². The summed E-state index contributed by atoms with van der Waals surface area (Å²) >= 11 is 0. The summed E-state index contributed by atoms with van der Waals surface area (Å²) in [4.78, 5) is 28.8. The fraction of sp³-hybridized carbons (Fsp3) is 0.263. The molecule has 1 saturated heterocycles. The Kier molecular flexibility index (Phi) is 4.69. The molecule has 0 atom stereocenters. The van der Waals surface area contributed by atoms with Gasteiger partial charge in [0.1, 0.15) is 18.0 Å². The Bertz CT molecular complexity index is 1060. The maximum absolute atomic E-state index is 12.9. The lowest BCUT2D eigenvalue weighted by molar-refractivity contribution is -0.137. The van der Waals surface area contributed by atoms with Crippen molar-refractivity contribution in [3.8, 4) is 0 Å². The average Bonchev–Trinajstić information content (AvgIpc) is 2.72. The SMILES string of the molecule is Nc1ccc2c(N3CCN(C(=O)c4cccc(C(F)(F)F)c4)CC3)ncnc2n1. The minimum atomic E-state index is -4.49. The number of hydrogen-bond donors (Lipinski definition) is 1. The molecule has 3 aromatic rings. The van der Waals surface area contributed by atoms with Crippen LogP contribution < -0.4 is 10.6 Å². The van der Waals surface area contributed by atoms with E-state index in [9.17, 15) is 18.0 Å². The lowest BCUT2D eigenvalue weighted by atomic mass is 10.1. The first kappa shape index (κ1) is 18.9. The lowest BCUT2D eigenvalue weighted by Crippen LogP contribution is -2.49. The van der Waals surface area contributed by atoms with Crippen LogP contribution in [-0.4, -0.2) is 51.9 Å². The Balaban J connectivity index is 1.50. The number of halogens is 3. The molecule has 7 nitrogen and oxygen atoms in total. The number of benzene rings is 1. The highest BCUT2D eigenvalue weighted by molar-refractivity contribution is 5.94. The Morgan fingerprint density at radius 2 is 1.79 bits per heavy atom. The van der Waals surface area contributed by atoms with Gasteiger partial charge in [0.05, 0.1) is 10.9 Å². The average molecular weight is 402 g/mol. The van der Waals surface area contributed by atoms with Gasteiger partial charge in [0, 0.05) is 31.7 Å². The monoisotopic (exact) mass is 402 g/mol. The lowest BCUT2D eigenvalue weighted by Gasteiger charge is -2.35. The molecule has 0 aliphatic carbocycles. The van der Waals surface area contributed by atoms with Crippen LogP contribution in [0, 0.1) is 0 Å². The first-order valence-corrected chi connectivity index (χ1v) is 8.91. The standard InChI is InChI=1S/C19H17F3N6O/c20-19(21,22)13-3-1-2-12(10-13)18(29)28-8-6-27(7-9-28)17-14-4-5-15(23)26-16(14)24-11-25-17/h1-5,10-11H,6-9H2,(H2,23,24,25,26). The van der Waals surface area contributed by atoms with Gasteiger partial charge in [-0.15, -0.1) is 0 Å². The number of aromatic nitrogens is 3. The number of amides is 1. The first-order chi connectivity index (χ1) is 13.8. The zero-order chi connectivity index (χ0) is 20.6. The van der Waals surface area contributed by atoms with Gasteiger partial charge in [-0.2, -0.15) is 13.2 Å². The van der Waals surface area contributed by atoms with Crippen LogP contribution in [0.3, 0.4) is 0 Å². The van der Waals surface area contributed by atoms with Crippen LogP contribution in [0.5, 0.6) is 0 Å². The van der Waals surface area contributed by atoms with Crippen LogP contribution in [0.25, 0.3) is 11.0 Å².